The van der Waals surface area contributed by atoms with Crippen LogP contribution in [0, 0.1) is 0 Å². The number of aromatic amines is 1. The fourth-order valence-corrected chi connectivity index (χ4v) is 3.86. The summed E-state index contributed by atoms with van der Waals surface area (Å²) in [5.74, 6) is 0.859. The normalized spacial score (nSPS) is 11.4. The lowest BCUT2D eigenvalue weighted by Gasteiger charge is -2.05. The molecule has 0 spiro atoms. The van der Waals surface area contributed by atoms with E-state index in [0.29, 0.717) is 17.0 Å². The van der Waals surface area contributed by atoms with E-state index in [1.807, 2.05) is 34.6 Å². The minimum Gasteiger partial charge on any atom is -0.367 e. The Balaban J connectivity index is 2.16. The van der Waals surface area contributed by atoms with Crippen molar-refractivity contribution in [1.29, 1.82) is 0 Å². The molecule has 0 bridgehead atoms. The van der Waals surface area contributed by atoms with Crippen molar-refractivity contribution in [3.8, 4) is 5.75 Å². The number of aromatic nitrogens is 3. The average Bonchev–Trinajstić information content (AvgIpc) is 2.21. The number of H-pyrrole nitrogens is 1. The van der Waals surface area contributed by atoms with Gasteiger partial charge in [-0.3, -0.25) is 4.51 Å². The van der Waals surface area contributed by atoms with Crippen LogP contribution >= 0.6 is 25.5 Å². The first kappa shape index (κ1) is 8.90. The van der Waals surface area contributed by atoms with Crippen LogP contribution in [-0.4, -0.2) is 13.3 Å². The zero-order valence-corrected chi connectivity index (χ0v) is 9.53. The third-order valence-electron chi connectivity index (χ3n) is 1.33. The molecule has 2 unspecified atom stereocenters. The van der Waals surface area contributed by atoms with Crippen molar-refractivity contribution in [3.05, 3.63) is 30.3 Å². The second-order valence-electron chi connectivity index (χ2n) is 2.22. The first-order valence-corrected chi connectivity index (χ1v) is 6.33. The van der Waals surface area contributed by atoms with E-state index in [9.17, 15) is 0 Å². The molecule has 68 valence electrons. The summed E-state index contributed by atoms with van der Waals surface area (Å²) in [5, 5.41) is 0. The summed E-state index contributed by atoms with van der Waals surface area (Å²) in [6.45, 7) is 0. The second kappa shape index (κ2) is 4.53. The number of hydrogen-bond donors (Lipinski definition) is 1. The van der Waals surface area contributed by atoms with Crippen LogP contribution in [0.2, 0.25) is 0 Å². The first-order chi connectivity index (χ1) is 6.45. The lowest BCUT2D eigenvalue weighted by Crippen LogP contribution is -1.96. The molecule has 7 heteroatoms. The van der Waals surface area contributed by atoms with Gasteiger partial charge in [-0.25, -0.2) is 0 Å². The predicted molar refractivity (Wildman–Crippen MR) is 58.2 cm³/mol. The highest BCUT2D eigenvalue weighted by atomic mass is 31.1. The number of rotatable bonds is 2. The van der Waals surface area contributed by atoms with E-state index in [1.165, 1.54) is 0 Å². The van der Waals surface area contributed by atoms with Crippen molar-refractivity contribution in [3.63, 3.8) is 0 Å². The van der Waals surface area contributed by atoms with Gasteiger partial charge in [-0.15, -0.1) is 4.26 Å². The SMILES string of the molecule is c1ccc(On2[pH]np[nH][pH]2)cc1. The van der Waals surface area contributed by atoms with Gasteiger partial charge in [0.05, 0.1) is 17.0 Å². The van der Waals surface area contributed by atoms with Gasteiger partial charge in [0.15, 0.2) is 5.75 Å². The molecule has 0 aliphatic carbocycles. The summed E-state index contributed by atoms with van der Waals surface area (Å²) in [4.78, 5) is 5.55. The maximum atomic E-state index is 5.55. The largest absolute Gasteiger partial charge is 0.367 e. The maximum Gasteiger partial charge on any atom is 0.156 e. The highest BCUT2D eigenvalue weighted by Gasteiger charge is 1.90. The third kappa shape index (κ3) is 2.63. The van der Waals surface area contributed by atoms with Gasteiger partial charge in [-0.2, -0.15) is 4.51 Å². The molecular weight excluding hydrogens is 223 g/mol. The molecule has 4 nitrogen and oxygen atoms in total. The Kier molecular flexibility index (Phi) is 3.10. The molecule has 2 aromatic rings. The van der Waals surface area contributed by atoms with Crippen molar-refractivity contribution in [1.82, 2.24) is 13.3 Å². The lowest BCUT2D eigenvalue weighted by atomic mass is 10.3. The molecule has 0 aliphatic heterocycles. The highest BCUT2D eigenvalue weighted by molar-refractivity contribution is 7.44. The molecule has 1 aromatic heterocycles. The van der Waals surface area contributed by atoms with Gasteiger partial charge in [0.25, 0.3) is 0 Å². The summed E-state index contributed by atoms with van der Waals surface area (Å²) in [7, 11) is 1.83. The Labute approximate surface area is 80.3 Å². The minimum atomic E-state index is 0.392. The van der Waals surface area contributed by atoms with Crippen molar-refractivity contribution in [2.75, 3.05) is 0 Å². The average molecular weight is 231 g/mol. The fraction of sp³-hybridized carbons (Fsp3) is 0. The summed E-state index contributed by atoms with van der Waals surface area (Å²) >= 11 is 0. The molecule has 2 rings (SSSR count). The lowest BCUT2D eigenvalue weighted by molar-refractivity contribution is 0.277. The fourth-order valence-electron chi connectivity index (χ4n) is 0.811. The van der Waals surface area contributed by atoms with Crippen molar-refractivity contribution in [2.24, 2.45) is 0 Å². The second-order valence-corrected chi connectivity index (χ2v) is 5.80. The Hall–Kier alpha value is -0.680. The third-order valence-corrected chi connectivity index (χ3v) is 4.09. The van der Waals surface area contributed by atoms with Gasteiger partial charge in [0.1, 0.15) is 8.51 Å². The molecule has 0 radical (unpaired) electrons. The number of hydrogen-bond acceptors (Lipinski definition) is 2. The predicted octanol–water partition coefficient (Wildman–Crippen LogP) is 2.82. The maximum absolute atomic E-state index is 5.55. The zero-order chi connectivity index (χ0) is 8.93. The van der Waals surface area contributed by atoms with Gasteiger partial charge in [-0.1, -0.05) is 18.2 Å². The Morgan fingerprint density at radius 2 is 2.23 bits per heavy atom. The number of nitrogens with one attached hydrogen (secondary N) is 1. The summed E-state index contributed by atoms with van der Waals surface area (Å²) in [6.07, 6.45) is 0. The molecule has 0 aliphatic rings. The van der Waals surface area contributed by atoms with Crippen LogP contribution in [0.5, 0.6) is 5.75 Å². The van der Waals surface area contributed by atoms with Crippen molar-refractivity contribution >= 4 is 25.5 Å². The number of benzene rings is 1. The molecule has 1 N–H and O–H groups in total. The highest BCUT2D eigenvalue weighted by Crippen LogP contribution is 2.16. The quantitative estimate of drug-likeness (QED) is 0.863. The van der Waals surface area contributed by atoms with Crippen LogP contribution in [-0.2, 0) is 0 Å². The topological polar surface area (TPSA) is 42.8 Å². The minimum absolute atomic E-state index is 0.392. The number of para-hydroxylation sites is 1. The molecular formula is C6H8N3OP3. The zero-order valence-electron chi connectivity index (χ0n) is 6.64. The molecule has 0 amide bonds. The smallest absolute Gasteiger partial charge is 0.156 e. The number of nitrogens with zero attached hydrogens (tertiary/aromatic N) is 2. The van der Waals surface area contributed by atoms with Crippen molar-refractivity contribution in [2.45, 2.75) is 0 Å². The van der Waals surface area contributed by atoms with Crippen LogP contribution in [0.15, 0.2) is 30.3 Å². The van der Waals surface area contributed by atoms with E-state index in [2.05, 4.69) is 9.02 Å². The van der Waals surface area contributed by atoms with Gasteiger partial charge in [-0.05, 0) is 12.1 Å². The Morgan fingerprint density at radius 1 is 1.38 bits per heavy atom. The van der Waals surface area contributed by atoms with E-state index in [-0.39, 0.29) is 0 Å². The van der Waals surface area contributed by atoms with Gasteiger partial charge in [0.2, 0.25) is 0 Å². The van der Waals surface area contributed by atoms with Crippen LogP contribution < -0.4 is 4.84 Å². The van der Waals surface area contributed by atoms with Gasteiger partial charge < -0.3 is 4.84 Å². The van der Waals surface area contributed by atoms with E-state index >= 15 is 0 Å². The van der Waals surface area contributed by atoms with E-state index < -0.39 is 0 Å². The van der Waals surface area contributed by atoms with Gasteiger partial charge in [0, 0.05) is 0 Å². The molecule has 13 heavy (non-hydrogen) atoms. The van der Waals surface area contributed by atoms with Crippen molar-refractivity contribution < 1.29 is 4.84 Å². The van der Waals surface area contributed by atoms with E-state index in [1.54, 1.807) is 0 Å². The first-order valence-electron chi connectivity index (χ1n) is 3.64. The Morgan fingerprint density at radius 3 is 2.92 bits per heavy atom. The molecule has 0 fully saturated rings. The molecule has 2 atom stereocenters. The van der Waals surface area contributed by atoms with Crippen LogP contribution in [0.25, 0.3) is 0 Å². The van der Waals surface area contributed by atoms with E-state index in [0.717, 1.165) is 14.3 Å². The van der Waals surface area contributed by atoms with Crippen LogP contribution in [0.1, 0.15) is 0 Å². The van der Waals surface area contributed by atoms with E-state index in [4.69, 9.17) is 4.84 Å². The summed E-state index contributed by atoms with van der Waals surface area (Å²) < 4.78 is 9.07. The molecule has 0 saturated carbocycles. The van der Waals surface area contributed by atoms with Crippen LogP contribution in [0.3, 0.4) is 0 Å². The van der Waals surface area contributed by atoms with Crippen LogP contribution in [0.4, 0.5) is 0 Å². The van der Waals surface area contributed by atoms with Gasteiger partial charge >= 0.3 is 0 Å². The molecule has 0 saturated heterocycles. The monoisotopic (exact) mass is 231 g/mol. The molecule has 1 aromatic carbocycles. The summed E-state index contributed by atoms with van der Waals surface area (Å²) in [5.41, 5.74) is 0. The molecule has 1 heterocycles. The standard InChI is InChI=1S/C6H8N3OP3/c1-2-4-6(5-3-1)10-9-12-7-11-8-13-9/h1-5,12-13H,(H,7,8). The Bertz CT molecular complexity index is 334. The summed E-state index contributed by atoms with van der Waals surface area (Å²) in [6, 6.07) is 9.74.